The van der Waals surface area contributed by atoms with Crippen LogP contribution in [0.25, 0.3) is 0 Å². The summed E-state index contributed by atoms with van der Waals surface area (Å²) in [7, 11) is 0. The van der Waals surface area contributed by atoms with Crippen molar-refractivity contribution in [1.29, 1.82) is 5.26 Å². The summed E-state index contributed by atoms with van der Waals surface area (Å²) in [6, 6.07) is 9.15. The normalized spacial score (nSPS) is 18.9. The SMILES string of the molecule is N#Cc1ncc(N2C(=O)C3(CCC3)N(c3ccc(Oc4cnccn4)cc3)C2S)cc1C(F)(F)F. The van der Waals surface area contributed by atoms with E-state index in [0.717, 1.165) is 18.7 Å². The maximum Gasteiger partial charge on any atom is 0.419 e. The molecule has 0 N–H and O–H groups in total. The Bertz CT molecular complexity index is 1310. The van der Waals surface area contributed by atoms with Gasteiger partial charge in [0, 0.05) is 18.1 Å². The lowest BCUT2D eigenvalue weighted by molar-refractivity contribution is -0.138. The number of anilines is 2. The van der Waals surface area contributed by atoms with E-state index in [-0.39, 0.29) is 11.6 Å². The van der Waals surface area contributed by atoms with E-state index in [2.05, 4.69) is 27.6 Å². The van der Waals surface area contributed by atoms with Crippen LogP contribution in [0.15, 0.2) is 55.1 Å². The zero-order valence-electron chi connectivity index (χ0n) is 18.0. The Kier molecular flexibility index (Phi) is 5.52. The van der Waals surface area contributed by atoms with E-state index < -0.39 is 28.5 Å². The first-order valence-corrected chi connectivity index (χ1v) is 11.1. The fourth-order valence-electron chi connectivity index (χ4n) is 4.39. The van der Waals surface area contributed by atoms with E-state index in [0.29, 0.717) is 30.2 Å². The van der Waals surface area contributed by atoms with Gasteiger partial charge in [0.05, 0.1) is 23.6 Å². The van der Waals surface area contributed by atoms with Gasteiger partial charge in [-0.2, -0.15) is 18.4 Å². The highest BCUT2D eigenvalue weighted by atomic mass is 32.1. The Labute approximate surface area is 203 Å². The predicted octanol–water partition coefficient (Wildman–Crippen LogP) is 4.54. The average Bonchev–Trinajstić information content (AvgIpc) is 3.06. The van der Waals surface area contributed by atoms with Gasteiger partial charge in [0.25, 0.3) is 5.91 Å². The molecule has 2 aromatic heterocycles. The molecule has 8 nitrogen and oxygen atoms in total. The van der Waals surface area contributed by atoms with Crippen molar-refractivity contribution < 1.29 is 22.7 Å². The zero-order chi connectivity index (χ0) is 24.8. The standard InChI is InChI=1S/C23H17F3N6O2S/c24-23(25,26)17-10-15(12-30-18(17)11-27)31-20(33)22(6-1-7-22)32(21(31)35)14-2-4-16(5-3-14)34-19-13-28-8-9-29-19/h2-5,8-10,12-13,21,35H,1,6-7H2. The van der Waals surface area contributed by atoms with Crippen molar-refractivity contribution >= 4 is 29.9 Å². The van der Waals surface area contributed by atoms with Crippen molar-refractivity contribution in [1.82, 2.24) is 15.0 Å². The number of carbonyl (C=O) groups excluding carboxylic acids is 1. The van der Waals surface area contributed by atoms with Gasteiger partial charge in [0.15, 0.2) is 11.2 Å². The topological polar surface area (TPSA) is 95.2 Å². The molecule has 0 radical (unpaired) electrons. The molecule has 1 atom stereocenters. The summed E-state index contributed by atoms with van der Waals surface area (Å²) >= 11 is 4.63. The van der Waals surface area contributed by atoms with Crippen LogP contribution in [0.5, 0.6) is 11.6 Å². The van der Waals surface area contributed by atoms with Crippen LogP contribution in [0.2, 0.25) is 0 Å². The second-order valence-corrected chi connectivity index (χ2v) is 8.58. The molecule has 1 aliphatic carbocycles. The van der Waals surface area contributed by atoms with Gasteiger partial charge < -0.3 is 9.64 Å². The molecule has 1 saturated heterocycles. The van der Waals surface area contributed by atoms with Crippen LogP contribution in [0.3, 0.4) is 0 Å². The van der Waals surface area contributed by atoms with E-state index in [1.807, 2.05) is 0 Å². The summed E-state index contributed by atoms with van der Waals surface area (Å²) in [4.78, 5) is 28.2. The molecule has 5 rings (SSSR count). The maximum atomic E-state index is 13.5. The number of hydrogen-bond donors (Lipinski definition) is 1. The van der Waals surface area contributed by atoms with Crippen molar-refractivity contribution in [3.63, 3.8) is 0 Å². The molecule has 1 aromatic carbocycles. The summed E-state index contributed by atoms with van der Waals surface area (Å²) in [5.74, 6) is 0.462. The number of halogens is 3. The quantitative estimate of drug-likeness (QED) is 0.528. The fourth-order valence-corrected chi connectivity index (χ4v) is 4.98. The number of rotatable bonds is 4. The van der Waals surface area contributed by atoms with Gasteiger partial charge in [-0.25, -0.2) is 9.97 Å². The van der Waals surface area contributed by atoms with Crippen molar-refractivity contribution in [3.05, 3.63) is 66.4 Å². The minimum Gasteiger partial charge on any atom is -0.438 e. The van der Waals surface area contributed by atoms with Crippen LogP contribution in [0.4, 0.5) is 24.5 Å². The third-order valence-corrected chi connectivity index (χ3v) is 6.62. The van der Waals surface area contributed by atoms with Crippen molar-refractivity contribution in [2.45, 2.75) is 36.5 Å². The maximum absolute atomic E-state index is 13.5. The van der Waals surface area contributed by atoms with Gasteiger partial charge >= 0.3 is 6.18 Å². The number of hydrogen-bond acceptors (Lipinski definition) is 8. The minimum atomic E-state index is -4.80. The molecule has 1 aliphatic heterocycles. The number of ether oxygens (including phenoxy) is 1. The Balaban J connectivity index is 1.49. The molecule has 2 aliphatic rings. The number of thiol groups is 1. The predicted molar refractivity (Wildman–Crippen MR) is 122 cm³/mol. The Morgan fingerprint density at radius 2 is 1.86 bits per heavy atom. The zero-order valence-corrected chi connectivity index (χ0v) is 18.9. The minimum absolute atomic E-state index is 0.0716. The Morgan fingerprint density at radius 1 is 1.11 bits per heavy atom. The first-order chi connectivity index (χ1) is 16.7. The highest BCUT2D eigenvalue weighted by Crippen LogP contribution is 2.50. The van der Waals surface area contributed by atoms with E-state index >= 15 is 0 Å². The number of nitriles is 1. The third kappa shape index (κ3) is 3.81. The Hall–Kier alpha value is -3.85. The summed E-state index contributed by atoms with van der Waals surface area (Å²) < 4.78 is 46.2. The Morgan fingerprint density at radius 3 is 2.43 bits per heavy atom. The summed E-state index contributed by atoms with van der Waals surface area (Å²) in [5, 5.41) is 9.04. The second kappa shape index (κ2) is 8.42. The van der Waals surface area contributed by atoms with Gasteiger partial charge in [0.2, 0.25) is 5.88 Å². The van der Waals surface area contributed by atoms with Gasteiger partial charge in [-0.05, 0) is 49.6 Å². The molecule has 1 saturated carbocycles. The van der Waals surface area contributed by atoms with Gasteiger partial charge in [-0.15, -0.1) is 12.6 Å². The molecule has 1 spiro atoms. The molecular formula is C23H17F3N6O2S. The lowest BCUT2D eigenvalue weighted by Gasteiger charge is -2.44. The number of nitrogens with zero attached hydrogens (tertiary/aromatic N) is 6. The van der Waals surface area contributed by atoms with Crippen LogP contribution in [0.1, 0.15) is 30.5 Å². The van der Waals surface area contributed by atoms with Crippen LogP contribution >= 0.6 is 12.6 Å². The molecule has 3 aromatic rings. The smallest absolute Gasteiger partial charge is 0.419 e. The molecule has 2 fully saturated rings. The lowest BCUT2D eigenvalue weighted by Crippen LogP contribution is -2.55. The molecular weight excluding hydrogens is 481 g/mol. The fraction of sp³-hybridized carbons (Fsp3) is 0.261. The monoisotopic (exact) mass is 498 g/mol. The number of benzene rings is 1. The molecule has 0 bridgehead atoms. The third-order valence-electron chi connectivity index (χ3n) is 6.16. The molecule has 1 amide bonds. The average molecular weight is 498 g/mol. The molecule has 178 valence electrons. The van der Waals surface area contributed by atoms with Crippen LogP contribution in [0, 0.1) is 11.3 Å². The summed E-state index contributed by atoms with van der Waals surface area (Å²) in [6.07, 6.45) is 2.67. The van der Waals surface area contributed by atoms with E-state index in [1.165, 1.54) is 29.6 Å². The first kappa shape index (κ1) is 22.9. The highest BCUT2D eigenvalue weighted by molar-refractivity contribution is 7.81. The van der Waals surface area contributed by atoms with Crippen molar-refractivity contribution in [3.8, 4) is 17.7 Å². The summed E-state index contributed by atoms with van der Waals surface area (Å²) in [6.45, 7) is 0. The number of aromatic nitrogens is 3. The van der Waals surface area contributed by atoms with E-state index in [9.17, 15) is 18.0 Å². The van der Waals surface area contributed by atoms with Crippen molar-refractivity contribution in [2.24, 2.45) is 0 Å². The second-order valence-electron chi connectivity index (χ2n) is 8.12. The molecule has 35 heavy (non-hydrogen) atoms. The number of amides is 1. The highest BCUT2D eigenvalue weighted by Gasteiger charge is 2.60. The van der Waals surface area contributed by atoms with Crippen LogP contribution in [-0.2, 0) is 11.0 Å². The van der Waals surface area contributed by atoms with E-state index in [4.69, 9.17) is 10.00 Å². The van der Waals surface area contributed by atoms with Crippen molar-refractivity contribution in [2.75, 3.05) is 9.80 Å². The van der Waals surface area contributed by atoms with Crippen LogP contribution < -0.4 is 14.5 Å². The number of carbonyl (C=O) groups is 1. The lowest BCUT2D eigenvalue weighted by atomic mass is 9.75. The molecule has 3 heterocycles. The number of alkyl halides is 3. The van der Waals surface area contributed by atoms with Crippen LogP contribution in [-0.4, -0.2) is 31.9 Å². The molecule has 1 unspecified atom stereocenters. The van der Waals surface area contributed by atoms with Gasteiger partial charge in [0.1, 0.15) is 17.4 Å². The molecule has 12 heteroatoms. The largest absolute Gasteiger partial charge is 0.438 e. The summed E-state index contributed by atoms with van der Waals surface area (Å²) in [5.41, 5.74) is -3.17. The van der Waals surface area contributed by atoms with Gasteiger partial charge in [-0.3, -0.25) is 14.7 Å². The van der Waals surface area contributed by atoms with E-state index in [1.54, 1.807) is 29.2 Å². The first-order valence-electron chi connectivity index (χ1n) is 10.6. The van der Waals surface area contributed by atoms with Gasteiger partial charge in [-0.1, -0.05) is 0 Å². The number of pyridine rings is 1.